The summed E-state index contributed by atoms with van der Waals surface area (Å²) in [5, 5.41) is 6.15. The van der Waals surface area contributed by atoms with Gasteiger partial charge in [-0.15, -0.1) is 0 Å². The lowest BCUT2D eigenvalue weighted by molar-refractivity contribution is 0.0519. The highest BCUT2D eigenvalue weighted by Gasteiger charge is 2.50. The highest BCUT2D eigenvalue weighted by molar-refractivity contribution is 6.99. The molecule has 2 heterocycles. The molecule has 1 N–H and O–H groups in total. The number of fused-ring (bicyclic) bond motifs is 1. The predicted octanol–water partition coefficient (Wildman–Crippen LogP) is 6.04. The SMILES string of the molecule is CCOC(=O)c1cc2c(c(-c3ccccc3)n1)[C@@H](CCO[Si](c1ccccc1)(c1ccccc1)C(C)(C)C)NC2. The van der Waals surface area contributed by atoms with Crippen LogP contribution in [0.25, 0.3) is 11.3 Å². The number of benzene rings is 3. The number of hydrogen-bond acceptors (Lipinski definition) is 5. The number of pyridine rings is 1. The second-order valence-corrected chi connectivity index (χ2v) is 15.6. The van der Waals surface area contributed by atoms with Crippen molar-refractivity contribution in [2.24, 2.45) is 0 Å². The summed E-state index contributed by atoms with van der Waals surface area (Å²) in [5.74, 6) is -0.388. The van der Waals surface area contributed by atoms with Gasteiger partial charge in [0.2, 0.25) is 0 Å². The van der Waals surface area contributed by atoms with Crippen molar-refractivity contribution in [3.05, 3.63) is 114 Å². The maximum atomic E-state index is 12.6. The summed E-state index contributed by atoms with van der Waals surface area (Å²) in [6.07, 6.45) is 0.789. The van der Waals surface area contributed by atoms with E-state index in [4.69, 9.17) is 14.1 Å². The van der Waals surface area contributed by atoms with Crippen molar-refractivity contribution in [1.29, 1.82) is 0 Å². The molecule has 1 aliphatic heterocycles. The van der Waals surface area contributed by atoms with E-state index < -0.39 is 8.32 Å². The van der Waals surface area contributed by atoms with E-state index in [-0.39, 0.29) is 17.0 Å². The summed E-state index contributed by atoms with van der Waals surface area (Å²) in [5.41, 5.74) is 4.41. The Morgan fingerprint density at radius 2 is 1.50 bits per heavy atom. The van der Waals surface area contributed by atoms with E-state index in [9.17, 15) is 4.79 Å². The van der Waals surface area contributed by atoms with Gasteiger partial charge in [0.15, 0.2) is 0 Å². The van der Waals surface area contributed by atoms with E-state index in [0.717, 1.165) is 28.8 Å². The molecule has 0 saturated heterocycles. The molecule has 0 spiro atoms. The molecule has 206 valence electrons. The van der Waals surface area contributed by atoms with E-state index in [0.29, 0.717) is 25.5 Å². The van der Waals surface area contributed by atoms with Gasteiger partial charge in [0.25, 0.3) is 8.32 Å². The maximum absolute atomic E-state index is 12.6. The fourth-order valence-electron chi connectivity index (χ4n) is 5.94. The summed E-state index contributed by atoms with van der Waals surface area (Å²) in [7, 11) is -2.63. The van der Waals surface area contributed by atoms with E-state index in [2.05, 4.69) is 86.8 Å². The Hall–Kier alpha value is -3.58. The first-order valence-electron chi connectivity index (χ1n) is 14.1. The molecule has 1 aliphatic rings. The topological polar surface area (TPSA) is 60.5 Å². The van der Waals surface area contributed by atoms with Gasteiger partial charge in [-0.3, -0.25) is 0 Å². The molecule has 0 unspecified atom stereocenters. The van der Waals surface area contributed by atoms with Crippen LogP contribution in [0.5, 0.6) is 0 Å². The number of nitrogens with one attached hydrogen (secondary N) is 1. The number of esters is 1. The average molecular weight is 551 g/mol. The molecule has 0 radical (unpaired) electrons. The number of nitrogens with zero attached hydrogens (tertiary/aromatic N) is 1. The van der Waals surface area contributed by atoms with Crippen molar-refractivity contribution in [3.63, 3.8) is 0 Å². The molecule has 0 aliphatic carbocycles. The van der Waals surface area contributed by atoms with Crippen LogP contribution < -0.4 is 15.7 Å². The second-order valence-electron chi connectivity index (χ2n) is 11.2. The molecule has 0 bridgehead atoms. The van der Waals surface area contributed by atoms with Crippen LogP contribution in [0.15, 0.2) is 97.1 Å². The Morgan fingerprint density at radius 3 is 2.05 bits per heavy atom. The Bertz CT molecular complexity index is 1400. The molecule has 6 heteroatoms. The van der Waals surface area contributed by atoms with Crippen molar-refractivity contribution in [3.8, 4) is 11.3 Å². The van der Waals surface area contributed by atoms with Crippen LogP contribution in [0.3, 0.4) is 0 Å². The molecular weight excluding hydrogens is 512 g/mol. The van der Waals surface area contributed by atoms with Crippen LogP contribution in [-0.4, -0.2) is 32.5 Å². The molecule has 5 nitrogen and oxygen atoms in total. The molecule has 1 aromatic heterocycles. The van der Waals surface area contributed by atoms with Gasteiger partial charge in [0, 0.05) is 24.8 Å². The maximum Gasteiger partial charge on any atom is 0.356 e. The predicted molar refractivity (Wildman–Crippen MR) is 163 cm³/mol. The quantitative estimate of drug-likeness (QED) is 0.204. The summed E-state index contributed by atoms with van der Waals surface area (Å²) in [6.45, 7) is 10.3. The smallest absolute Gasteiger partial charge is 0.356 e. The van der Waals surface area contributed by atoms with Crippen molar-refractivity contribution in [1.82, 2.24) is 10.3 Å². The molecule has 0 amide bonds. The first-order chi connectivity index (χ1) is 19.3. The van der Waals surface area contributed by atoms with Crippen LogP contribution in [0.1, 0.15) is 61.8 Å². The first kappa shape index (κ1) is 28.0. The van der Waals surface area contributed by atoms with Crippen LogP contribution in [-0.2, 0) is 15.7 Å². The normalized spacial score (nSPS) is 15.1. The van der Waals surface area contributed by atoms with Crippen molar-refractivity contribution in [2.45, 2.75) is 51.7 Å². The lowest BCUT2D eigenvalue weighted by Gasteiger charge is -2.43. The van der Waals surface area contributed by atoms with Gasteiger partial charge in [-0.05, 0) is 45.9 Å². The molecule has 5 rings (SSSR count). The molecule has 1 atom stereocenters. The number of ether oxygens (including phenoxy) is 1. The van der Waals surface area contributed by atoms with Gasteiger partial charge in [-0.1, -0.05) is 112 Å². The van der Waals surface area contributed by atoms with E-state index in [1.165, 1.54) is 10.4 Å². The van der Waals surface area contributed by atoms with Crippen LogP contribution >= 0.6 is 0 Å². The summed E-state index contributed by atoms with van der Waals surface area (Å²) < 4.78 is 12.5. The monoisotopic (exact) mass is 550 g/mol. The Morgan fingerprint density at radius 1 is 0.925 bits per heavy atom. The fraction of sp³-hybridized carbons (Fsp3) is 0.294. The van der Waals surface area contributed by atoms with Crippen molar-refractivity contribution in [2.75, 3.05) is 13.2 Å². The lowest BCUT2D eigenvalue weighted by Crippen LogP contribution is -2.66. The molecular formula is C34H38N2O3Si. The zero-order valence-electron chi connectivity index (χ0n) is 23.8. The van der Waals surface area contributed by atoms with E-state index in [1.54, 1.807) is 0 Å². The number of hydrogen-bond donors (Lipinski definition) is 1. The zero-order valence-corrected chi connectivity index (χ0v) is 24.8. The van der Waals surface area contributed by atoms with E-state index in [1.807, 2.05) is 43.3 Å². The minimum absolute atomic E-state index is 0.0622. The fourth-order valence-corrected chi connectivity index (χ4v) is 10.5. The van der Waals surface area contributed by atoms with Gasteiger partial charge in [0.05, 0.1) is 12.3 Å². The van der Waals surface area contributed by atoms with Crippen molar-refractivity contribution >= 4 is 24.7 Å². The van der Waals surface area contributed by atoms with Crippen LogP contribution in [0, 0.1) is 0 Å². The van der Waals surface area contributed by atoms with E-state index >= 15 is 0 Å². The minimum atomic E-state index is -2.63. The lowest BCUT2D eigenvalue weighted by atomic mass is 9.96. The van der Waals surface area contributed by atoms with Gasteiger partial charge in [-0.25, -0.2) is 9.78 Å². The Balaban J connectivity index is 1.49. The van der Waals surface area contributed by atoms with Gasteiger partial charge < -0.3 is 14.5 Å². The zero-order chi connectivity index (χ0) is 28.2. The third-order valence-electron chi connectivity index (χ3n) is 7.71. The van der Waals surface area contributed by atoms with Gasteiger partial charge in [0.1, 0.15) is 5.69 Å². The third-order valence-corrected chi connectivity index (χ3v) is 12.7. The Labute approximate surface area is 238 Å². The standard InChI is InChI=1S/C34H38N2O3Si/c1-5-38-33(37)30-23-26-24-35-29(31(26)32(36-30)25-15-9-6-10-16-25)21-22-39-40(34(2,3)4,27-17-11-7-12-18-27)28-19-13-8-14-20-28/h6-20,23,29,35H,5,21-22,24H2,1-4H3/t29-/m1/s1. The highest BCUT2D eigenvalue weighted by Crippen LogP contribution is 2.39. The first-order valence-corrected chi connectivity index (χ1v) is 16.0. The van der Waals surface area contributed by atoms with Crippen molar-refractivity contribution < 1.29 is 14.0 Å². The molecule has 4 aromatic rings. The average Bonchev–Trinajstić information content (AvgIpc) is 3.38. The van der Waals surface area contributed by atoms with Gasteiger partial charge in [-0.2, -0.15) is 0 Å². The van der Waals surface area contributed by atoms with Gasteiger partial charge >= 0.3 is 5.97 Å². The third kappa shape index (κ3) is 5.39. The summed E-state index contributed by atoms with van der Waals surface area (Å²) in [6, 6.07) is 33.5. The molecule has 0 saturated carbocycles. The highest BCUT2D eigenvalue weighted by atomic mass is 28.4. The van der Waals surface area contributed by atoms with Crippen LogP contribution in [0.4, 0.5) is 0 Å². The number of rotatable bonds is 9. The number of carbonyl (C=O) groups is 1. The summed E-state index contributed by atoms with van der Waals surface area (Å²) >= 11 is 0. The molecule has 40 heavy (non-hydrogen) atoms. The molecule has 0 fully saturated rings. The minimum Gasteiger partial charge on any atom is -0.461 e. The largest absolute Gasteiger partial charge is 0.461 e. The number of carbonyl (C=O) groups excluding carboxylic acids is 1. The second kappa shape index (κ2) is 11.9. The molecule has 3 aromatic carbocycles. The van der Waals surface area contributed by atoms with Crippen LogP contribution in [0.2, 0.25) is 5.04 Å². The number of aromatic nitrogens is 1. The Kier molecular flexibility index (Phi) is 8.31. The summed E-state index contributed by atoms with van der Waals surface area (Å²) in [4.78, 5) is 17.5.